The molecule has 0 saturated heterocycles. The van der Waals surface area contributed by atoms with Gasteiger partial charge in [-0.15, -0.1) is 5.92 Å². The Labute approximate surface area is 76.7 Å². The van der Waals surface area contributed by atoms with Crippen molar-refractivity contribution in [2.24, 2.45) is 11.8 Å². The van der Waals surface area contributed by atoms with Gasteiger partial charge in [-0.05, 0) is 18.8 Å². The fourth-order valence-corrected chi connectivity index (χ4v) is 2.02. The molecule has 68 valence electrons. The SMILES string of the molecule is CCC#CC(C)C1CCCCC1. The topological polar surface area (TPSA) is 0 Å². The Morgan fingerprint density at radius 3 is 2.50 bits per heavy atom. The Kier molecular flexibility index (Phi) is 4.22. The molecule has 1 fully saturated rings. The minimum atomic E-state index is 0.644. The van der Waals surface area contributed by atoms with E-state index in [0.717, 1.165) is 12.3 Å². The maximum Gasteiger partial charge on any atom is 0.0202 e. The predicted octanol–water partition coefficient (Wildman–Crippen LogP) is 3.62. The second-order valence-electron chi connectivity index (χ2n) is 3.86. The van der Waals surface area contributed by atoms with Crippen LogP contribution in [-0.4, -0.2) is 0 Å². The van der Waals surface area contributed by atoms with Crippen molar-refractivity contribution in [3.63, 3.8) is 0 Å². The molecular formula is C12H20. The lowest BCUT2D eigenvalue weighted by Gasteiger charge is -2.24. The first-order chi connectivity index (χ1) is 5.84. The van der Waals surface area contributed by atoms with Crippen molar-refractivity contribution in [3.8, 4) is 11.8 Å². The maximum atomic E-state index is 3.35. The van der Waals surface area contributed by atoms with Gasteiger partial charge in [0.15, 0.2) is 0 Å². The molecule has 0 aromatic rings. The van der Waals surface area contributed by atoms with Crippen LogP contribution in [0.3, 0.4) is 0 Å². The van der Waals surface area contributed by atoms with E-state index in [1.165, 1.54) is 32.1 Å². The summed E-state index contributed by atoms with van der Waals surface area (Å²) in [5.41, 5.74) is 0. The van der Waals surface area contributed by atoms with Gasteiger partial charge in [-0.25, -0.2) is 0 Å². The van der Waals surface area contributed by atoms with Gasteiger partial charge >= 0.3 is 0 Å². The van der Waals surface area contributed by atoms with Crippen LogP contribution in [0.5, 0.6) is 0 Å². The van der Waals surface area contributed by atoms with Gasteiger partial charge in [0.05, 0.1) is 0 Å². The molecule has 1 aliphatic rings. The number of hydrogen-bond donors (Lipinski definition) is 0. The van der Waals surface area contributed by atoms with Crippen molar-refractivity contribution >= 4 is 0 Å². The first-order valence-electron chi connectivity index (χ1n) is 5.33. The molecule has 1 rings (SSSR count). The highest BCUT2D eigenvalue weighted by Gasteiger charge is 2.17. The minimum Gasteiger partial charge on any atom is -0.103 e. The van der Waals surface area contributed by atoms with Crippen LogP contribution in [0.15, 0.2) is 0 Å². The van der Waals surface area contributed by atoms with E-state index in [9.17, 15) is 0 Å². The highest BCUT2D eigenvalue weighted by atomic mass is 14.2. The van der Waals surface area contributed by atoms with Crippen LogP contribution in [0.2, 0.25) is 0 Å². The Bertz CT molecular complexity index is 164. The van der Waals surface area contributed by atoms with Gasteiger partial charge in [0.2, 0.25) is 0 Å². The van der Waals surface area contributed by atoms with E-state index < -0.39 is 0 Å². The van der Waals surface area contributed by atoms with Crippen molar-refractivity contribution in [1.82, 2.24) is 0 Å². The van der Waals surface area contributed by atoms with Gasteiger partial charge in [0.1, 0.15) is 0 Å². The highest BCUT2D eigenvalue weighted by molar-refractivity contribution is 5.03. The van der Waals surface area contributed by atoms with Crippen LogP contribution in [-0.2, 0) is 0 Å². The zero-order chi connectivity index (χ0) is 8.81. The van der Waals surface area contributed by atoms with Gasteiger partial charge in [-0.3, -0.25) is 0 Å². The van der Waals surface area contributed by atoms with Crippen LogP contribution in [0, 0.1) is 23.7 Å². The lowest BCUT2D eigenvalue weighted by molar-refractivity contribution is 0.306. The van der Waals surface area contributed by atoms with Gasteiger partial charge < -0.3 is 0 Å². The van der Waals surface area contributed by atoms with Gasteiger partial charge in [-0.1, -0.05) is 39.0 Å². The molecule has 0 amide bonds. The number of hydrogen-bond acceptors (Lipinski definition) is 0. The molecule has 0 N–H and O–H groups in total. The quantitative estimate of drug-likeness (QED) is 0.519. The van der Waals surface area contributed by atoms with Crippen molar-refractivity contribution < 1.29 is 0 Å². The van der Waals surface area contributed by atoms with Gasteiger partial charge in [-0.2, -0.15) is 0 Å². The van der Waals surface area contributed by atoms with Crippen molar-refractivity contribution in [2.75, 3.05) is 0 Å². The summed E-state index contributed by atoms with van der Waals surface area (Å²) in [5.74, 6) is 8.09. The first-order valence-corrected chi connectivity index (χ1v) is 5.33. The normalized spacial score (nSPS) is 21.2. The smallest absolute Gasteiger partial charge is 0.0202 e. The van der Waals surface area contributed by atoms with Crippen molar-refractivity contribution in [3.05, 3.63) is 0 Å². The molecule has 0 heteroatoms. The summed E-state index contributed by atoms with van der Waals surface area (Å²) in [5, 5.41) is 0. The van der Waals surface area contributed by atoms with Crippen LogP contribution in [0.4, 0.5) is 0 Å². The monoisotopic (exact) mass is 164 g/mol. The van der Waals surface area contributed by atoms with E-state index in [4.69, 9.17) is 0 Å². The van der Waals surface area contributed by atoms with Gasteiger partial charge in [0, 0.05) is 12.3 Å². The van der Waals surface area contributed by atoms with Crippen LogP contribution in [0.1, 0.15) is 52.4 Å². The Morgan fingerprint density at radius 2 is 1.92 bits per heavy atom. The third kappa shape index (κ3) is 2.89. The third-order valence-electron chi connectivity index (χ3n) is 2.86. The van der Waals surface area contributed by atoms with E-state index in [1.54, 1.807) is 0 Å². The average molecular weight is 164 g/mol. The molecule has 0 heterocycles. The highest BCUT2D eigenvalue weighted by Crippen LogP contribution is 2.29. The molecular weight excluding hydrogens is 144 g/mol. The molecule has 0 radical (unpaired) electrons. The van der Waals surface area contributed by atoms with E-state index in [1.807, 2.05) is 0 Å². The summed E-state index contributed by atoms with van der Waals surface area (Å²) >= 11 is 0. The molecule has 0 bridgehead atoms. The summed E-state index contributed by atoms with van der Waals surface area (Å²) in [6.07, 6.45) is 8.16. The molecule has 12 heavy (non-hydrogen) atoms. The van der Waals surface area contributed by atoms with E-state index in [0.29, 0.717) is 5.92 Å². The Hall–Kier alpha value is -0.440. The second kappa shape index (κ2) is 5.25. The lowest BCUT2D eigenvalue weighted by atomic mass is 9.81. The lowest BCUT2D eigenvalue weighted by Crippen LogP contribution is -2.13. The molecule has 0 aliphatic heterocycles. The van der Waals surface area contributed by atoms with E-state index in [-0.39, 0.29) is 0 Å². The molecule has 0 nitrogen and oxygen atoms in total. The van der Waals surface area contributed by atoms with Crippen LogP contribution in [0.25, 0.3) is 0 Å². The van der Waals surface area contributed by atoms with Gasteiger partial charge in [0.25, 0.3) is 0 Å². The average Bonchev–Trinajstić information content (AvgIpc) is 2.15. The van der Waals surface area contributed by atoms with Crippen LogP contribution < -0.4 is 0 Å². The predicted molar refractivity (Wildman–Crippen MR) is 53.8 cm³/mol. The zero-order valence-electron chi connectivity index (χ0n) is 8.40. The molecule has 1 aliphatic carbocycles. The van der Waals surface area contributed by atoms with E-state index >= 15 is 0 Å². The molecule has 0 aromatic heterocycles. The maximum absolute atomic E-state index is 3.35. The van der Waals surface area contributed by atoms with Crippen LogP contribution >= 0.6 is 0 Å². The standard InChI is InChI=1S/C12H20/c1-3-4-8-11(2)12-9-6-5-7-10-12/h11-12H,3,5-7,9-10H2,1-2H3. The summed E-state index contributed by atoms with van der Waals surface area (Å²) in [6, 6.07) is 0. The first kappa shape index (κ1) is 9.65. The van der Waals surface area contributed by atoms with E-state index in [2.05, 4.69) is 25.7 Å². The molecule has 1 unspecified atom stereocenters. The zero-order valence-corrected chi connectivity index (χ0v) is 8.40. The molecule has 1 atom stereocenters. The summed E-state index contributed by atoms with van der Waals surface area (Å²) in [4.78, 5) is 0. The Morgan fingerprint density at radius 1 is 1.25 bits per heavy atom. The molecule has 0 aromatic carbocycles. The fourth-order valence-electron chi connectivity index (χ4n) is 2.02. The summed E-state index contributed by atoms with van der Waals surface area (Å²) in [7, 11) is 0. The Balaban J connectivity index is 2.34. The fraction of sp³-hybridized carbons (Fsp3) is 0.833. The second-order valence-corrected chi connectivity index (χ2v) is 3.86. The largest absolute Gasteiger partial charge is 0.103 e. The minimum absolute atomic E-state index is 0.644. The molecule has 1 saturated carbocycles. The summed E-state index contributed by atoms with van der Waals surface area (Å²) < 4.78 is 0. The van der Waals surface area contributed by atoms with Crippen molar-refractivity contribution in [2.45, 2.75) is 52.4 Å². The number of rotatable bonds is 1. The third-order valence-corrected chi connectivity index (χ3v) is 2.86. The molecule has 0 spiro atoms. The van der Waals surface area contributed by atoms with Crippen molar-refractivity contribution in [1.29, 1.82) is 0 Å². The summed E-state index contributed by atoms with van der Waals surface area (Å²) in [6.45, 7) is 4.42.